The lowest BCUT2D eigenvalue weighted by Crippen LogP contribution is -2.51. The van der Waals surface area contributed by atoms with Crippen molar-refractivity contribution in [1.29, 1.82) is 0 Å². The van der Waals surface area contributed by atoms with Gasteiger partial charge >= 0.3 is 0 Å². The fourth-order valence-electron chi connectivity index (χ4n) is 3.30. The van der Waals surface area contributed by atoms with Gasteiger partial charge in [0.2, 0.25) is 5.89 Å². The van der Waals surface area contributed by atoms with Gasteiger partial charge < -0.3 is 9.52 Å². The third kappa shape index (κ3) is 2.45. The van der Waals surface area contributed by atoms with Crippen LogP contribution < -0.4 is 0 Å². The number of rotatable bonds is 4. The van der Waals surface area contributed by atoms with E-state index in [1.165, 1.54) is 4.70 Å². The molecule has 1 aliphatic rings. The van der Waals surface area contributed by atoms with Crippen LogP contribution in [0.4, 0.5) is 0 Å². The zero-order valence-electron chi connectivity index (χ0n) is 13.7. The van der Waals surface area contributed by atoms with Crippen molar-refractivity contribution >= 4 is 26.5 Å². The fraction of sp³-hybridized carbons (Fsp3) is 0.353. The van der Waals surface area contributed by atoms with Gasteiger partial charge in [0.1, 0.15) is 5.69 Å². The average molecular weight is 355 g/mol. The van der Waals surface area contributed by atoms with Gasteiger partial charge in [-0.25, -0.2) is 4.98 Å². The van der Waals surface area contributed by atoms with Crippen LogP contribution in [-0.4, -0.2) is 55.3 Å². The summed E-state index contributed by atoms with van der Waals surface area (Å²) >= 11 is 1.65. The monoisotopic (exact) mass is 355 g/mol. The first-order valence-corrected chi connectivity index (χ1v) is 9.10. The van der Waals surface area contributed by atoms with Gasteiger partial charge in [-0.2, -0.15) is 0 Å². The van der Waals surface area contributed by atoms with Gasteiger partial charge in [0, 0.05) is 26.1 Å². The van der Waals surface area contributed by atoms with Crippen molar-refractivity contribution in [3.8, 4) is 11.6 Å². The van der Waals surface area contributed by atoms with Crippen LogP contribution in [0.2, 0.25) is 0 Å². The molecule has 1 N–H and O–H groups in total. The lowest BCUT2D eigenvalue weighted by molar-refractivity contribution is 0.00226. The first-order valence-electron chi connectivity index (χ1n) is 8.29. The number of para-hydroxylation sites is 1. The van der Waals surface area contributed by atoms with E-state index in [1.807, 2.05) is 19.1 Å². The maximum atomic E-state index is 9.34. The Morgan fingerprint density at radius 1 is 1.28 bits per heavy atom. The van der Waals surface area contributed by atoms with Gasteiger partial charge in [0.25, 0.3) is 5.89 Å². The van der Waals surface area contributed by atoms with Gasteiger partial charge in [0.15, 0.2) is 4.96 Å². The summed E-state index contributed by atoms with van der Waals surface area (Å²) in [4.78, 5) is 7.76. The SMILES string of the molecule is Cc1nc2sc3ccccc3n2c1-c1nnc(CCN2CC(O)C2)o1. The second-order valence-electron chi connectivity index (χ2n) is 6.40. The van der Waals surface area contributed by atoms with Crippen molar-refractivity contribution in [3.63, 3.8) is 0 Å². The van der Waals surface area contributed by atoms with Crippen LogP contribution >= 0.6 is 11.3 Å². The van der Waals surface area contributed by atoms with Crippen molar-refractivity contribution in [2.45, 2.75) is 19.4 Å². The number of aliphatic hydroxyl groups is 1. The maximum Gasteiger partial charge on any atom is 0.266 e. The van der Waals surface area contributed by atoms with Crippen molar-refractivity contribution in [2.24, 2.45) is 0 Å². The van der Waals surface area contributed by atoms with Gasteiger partial charge in [0.05, 0.1) is 22.0 Å². The summed E-state index contributed by atoms with van der Waals surface area (Å²) in [6, 6.07) is 8.22. The molecule has 8 heteroatoms. The molecular weight excluding hydrogens is 338 g/mol. The zero-order chi connectivity index (χ0) is 17.0. The van der Waals surface area contributed by atoms with E-state index >= 15 is 0 Å². The summed E-state index contributed by atoms with van der Waals surface area (Å²) in [5.74, 6) is 1.12. The van der Waals surface area contributed by atoms with Crippen LogP contribution in [0.15, 0.2) is 28.7 Å². The molecule has 3 aromatic heterocycles. The molecule has 1 aliphatic heterocycles. The Kier molecular flexibility index (Phi) is 3.37. The van der Waals surface area contributed by atoms with Crippen LogP contribution in [-0.2, 0) is 6.42 Å². The molecule has 4 heterocycles. The highest BCUT2D eigenvalue weighted by molar-refractivity contribution is 7.23. The Labute approximate surface area is 147 Å². The smallest absolute Gasteiger partial charge is 0.266 e. The van der Waals surface area contributed by atoms with E-state index in [9.17, 15) is 5.11 Å². The van der Waals surface area contributed by atoms with Crippen LogP contribution in [0.3, 0.4) is 0 Å². The number of likely N-dealkylation sites (tertiary alicyclic amines) is 1. The summed E-state index contributed by atoms with van der Waals surface area (Å²) in [5, 5.41) is 17.8. The average Bonchev–Trinajstić information content (AvgIpc) is 3.23. The second kappa shape index (κ2) is 5.62. The Morgan fingerprint density at radius 3 is 2.96 bits per heavy atom. The lowest BCUT2D eigenvalue weighted by atomic mass is 10.1. The summed E-state index contributed by atoms with van der Waals surface area (Å²) < 4.78 is 9.19. The van der Waals surface area contributed by atoms with Crippen LogP contribution in [0.5, 0.6) is 0 Å². The Bertz CT molecular complexity index is 1060. The predicted octanol–water partition coefficient (Wildman–Crippen LogP) is 2.13. The first kappa shape index (κ1) is 15.0. The maximum absolute atomic E-state index is 9.34. The molecule has 1 fully saturated rings. The molecule has 0 saturated carbocycles. The van der Waals surface area contributed by atoms with Gasteiger partial charge in [-0.05, 0) is 19.1 Å². The fourth-order valence-corrected chi connectivity index (χ4v) is 4.37. The number of aromatic nitrogens is 4. The van der Waals surface area contributed by atoms with Crippen molar-refractivity contribution in [1.82, 2.24) is 24.5 Å². The number of benzene rings is 1. The van der Waals surface area contributed by atoms with E-state index in [1.54, 1.807) is 11.3 Å². The van der Waals surface area contributed by atoms with Gasteiger partial charge in [-0.1, -0.05) is 23.5 Å². The Balaban J connectivity index is 1.49. The van der Waals surface area contributed by atoms with Crippen LogP contribution in [0.25, 0.3) is 26.8 Å². The van der Waals surface area contributed by atoms with E-state index in [4.69, 9.17) is 4.42 Å². The minimum absolute atomic E-state index is 0.187. The van der Waals surface area contributed by atoms with Crippen LogP contribution in [0.1, 0.15) is 11.6 Å². The minimum atomic E-state index is -0.187. The quantitative estimate of drug-likeness (QED) is 0.604. The number of β-amino-alcohol motifs (C(OH)–C–C–N with tert-alkyl or cyclic N) is 1. The molecule has 0 aliphatic carbocycles. The number of hydrogen-bond donors (Lipinski definition) is 1. The third-order valence-electron chi connectivity index (χ3n) is 4.58. The molecule has 128 valence electrons. The minimum Gasteiger partial charge on any atom is -0.419 e. The molecule has 1 aromatic carbocycles. The summed E-state index contributed by atoms with van der Waals surface area (Å²) in [5.41, 5.74) is 2.86. The molecule has 25 heavy (non-hydrogen) atoms. The highest BCUT2D eigenvalue weighted by Gasteiger charge is 2.25. The van der Waals surface area contributed by atoms with Crippen molar-refractivity contribution < 1.29 is 9.52 Å². The molecule has 0 bridgehead atoms. The summed E-state index contributed by atoms with van der Waals surface area (Å²) in [7, 11) is 0. The van der Waals surface area contributed by atoms with E-state index in [2.05, 4.69) is 36.6 Å². The Hall–Kier alpha value is -2.29. The number of aryl methyl sites for hydroxylation is 1. The highest BCUT2D eigenvalue weighted by atomic mass is 32.1. The van der Waals surface area contributed by atoms with E-state index in [0.717, 1.165) is 41.5 Å². The first-order chi connectivity index (χ1) is 12.2. The second-order valence-corrected chi connectivity index (χ2v) is 7.41. The van der Waals surface area contributed by atoms with Gasteiger partial charge in [-0.15, -0.1) is 10.2 Å². The topological polar surface area (TPSA) is 79.7 Å². The van der Waals surface area contributed by atoms with E-state index in [0.29, 0.717) is 18.2 Å². The molecule has 5 rings (SSSR count). The summed E-state index contributed by atoms with van der Waals surface area (Å²) in [6.07, 6.45) is 0.498. The largest absolute Gasteiger partial charge is 0.419 e. The number of aliphatic hydroxyl groups excluding tert-OH is 1. The number of nitrogens with zero attached hydrogens (tertiary/aromatic N) is 5. The lowest BCUT2D eigenvalue weighted by Gasteiger charge is -2.35. The predicted molar refractivity (Wildman–Crippen MR) is 94.8 cm³/mol. The van der Waals surface area contributed by atoms with E-state index < -0.39 is 0 Å². The van der Waals surface area contributed by atoms with Crippen LogP contribution in [0, 0.1) is 6.92 Å². The highest BCUT2D eigenvalue weighted by Crippen LogP contribution is 2.33. The molecule has 0 radical (unpaired) electrons. The Morgan fingerprint density at radius 2 is 2.12 bits per heavy atom. The van der Waals surface area contributed by atoms with Crippen molar-refractivity contribution in [2.75, 3.05) is 19.6 Å². The number of thiazole rings is 1. The molecular formula is C17H17N5O2S. The van der Waals surface area contributed by atoms with Crippen molar-refractivity contribution in [3.05, 3.63) is 35.9 Å². The molecule has 0 atom stereocenters. The molecule has 0 unspecified atom stereocenters. The molecule has 0 spiro atoms. The molecule has 7 nitrogen and oxygen atoms in total. The van der Waals surface area contributed by atoms with E-state index in [-0.39, 0.29) is 6.10 Å². The third-order valence-corrected chi connectivity index (χ3v) is 5.60. The molecule has 0 amide bonds. The molecule has 1 saturated heterocycles. The number of fused-ring (bicyclic) bond motifs is 3. The zero-order valence-corrected chi connectivity index (χ0v) is 14.5. The number of hydrogen-bond acceptors (Lipinski definition) is 7. The normalized spacial score (nSPS) is 16.1. The van der Waals surface area contributed by atoms with Gasteiger partial charge in [-0.3, -0.25) is 9.30 Å². The summed E-state index contributed by atoms with van der Waals surface area (Å²) in [6.45, 7) is 4.24. The molecule has 4 aromatic rings. The number of imidazole rings is 1. The standard InChI is InChI=1S/C17H17N5O2S/c1-10-15(22-12-4-2-3-5-13(12)25-17(22)18-10)16-20-19-14(24-16)6-7-21-8-11(23)9-21/h2-5,11,23H,6-9H2,1H3.